The first-order valence-corrected chi connectivity index (χ1v) is 7.88. The van der Waals surface area contributed by atoms with Crippen molar-refractivity contribution in [3.8, 4) is 0 Å². The Morgan fingerprint density at radius 1 is 1.53 bits per heavy atom. The first-order chi connectivity index (χ1) is 8.09. The average molecular weight is 361 g/mol. The fourth-order valence-electron chi connectivity index (χ4n) is 2.06. The molecule has 2 nitrogen and oxygen atoms in total. The minimum Gasteiger partial charge on any atom is -0.337 e. The summed E-state index contributed by atoms with van der Waals surface area (Å²) in [5, 5.41) is 0.550. The van der Waals surface area contributed by atoms with Crippen LogP contribution in [0.5, 0.6) is 0 Å². The maximum absolute atomic E-state index is 12.5. The van der Waals surface area contributed by atoms with Gasteiger partial charge in [-0.2, -0.15) is 11.8 Å². The van der Waals surface area contributed by atoms with Crippen LogP contribution < -0.4 is 0 Å². The van der Waals surface area contributed by atoms with Crippen LogP contribution in [0.4, 0.5) is 0 Å². The van der Waals surface area contributed by atoms with Gasteiger partial charge in [0.2, 0.25) is 0 Å². The van der Waals surface area contributed by atoms with Gasteiger partial charge in [-0.3, -0.25) is 4.79 Å². The Labute approximate surface area is 120 Å². The van der Waals surface area contributed by atoms with E-state index in [0.717, 1.165) is 33.5 Å². The molecule has 0 aliphatic carbocycles. The van der Waals surface area contributed by atoms with E-state index in [1.54, 1.807) is 0 Å². The zero-order valence-electron chi connectivity index (χ0n) is 10.1. The Bertz CT molecular complexity index is 415. The SMILES string of the molecule is Cc1cccc(I)c1C(=O)N1CCS[C@@H](C)C1. The normalized spacial score (nSPS) is 20.4. The molecule has 0 N–H and O–H groups in total. The van der Waals surface area contributed by atoms with Gasteiger partial charge in [-0.1, -0.05) is 19.1 Å². The Hall–Kier alpha value is -0.230. The third-order valence-corrected chi connectivity index (χ3v) is 5.00. The number of hydrogen-bond acceptors (Lipinski definition) is 2. The standard InChI is InChI=1S/C13H16INOS/c1-9-4-3-5-11(14)12(9)13(16)15-6-7-17-10(2)8-15/h3-5,10H,6-8H2,1-2H3/t10-/m0/s1. The molecule has 1 aliphatic rings. The summed E-state index contributed by atoms with van der Waals surface area (Å²) in [5.41, 5.74) is 1.96. The molecular weight excluding hydrogens is 345 g/mol. The fraction of sp³-hybridized carbons (Fsp3) is 0.462. The van der Waals surface area contributed by atoms with Crippen LogP contribution in [-0.2, 0) is 0 Å². The molecule has 0 radical (unpaired) electrons. The second-order valence-corrected chi connectivity index (χ2v) is 7.07. The van der Waals surface area contributed by atoms with E-state index in [1.807, 2.05) is 41.8 Å². The topological polar surface area (TPSA) is 20.3 Å². The monoisotopic (exact) mass is 361 g/mol. The predicted molar refractivity (Wildman–Crippen MR) is 81.7 cm³/mol. The van der Waals surface area contributed by atoms with E-state index in [2.05, 4.69) is 29.5 Å². The second kappa shape index (κ2) is 5.61. The Kier molecular flexibility index (Phi) is 4.36. The largest absolute Gasteiger partial charge is 0.337 e. The average Bonchev–Trinajstić information content (AvgIpc) is 2.28. The lowest BCUT2D eigenvalue weighted by Gasteiger charge is -2.31. The number of hydrogen-bond donors (Lipinski definition) is 0. The Balaban J connectivity index is 2.24. The molecule has 1 fully saturated rings. The van der Waals surface area contributed by atoms with Crippen LogP contribution in [0.2, 0.25) is 0 Å². The fourth-order valence-corrected chi connectivity index (χ4v) is 3.94. The van der Waals surface area contributed by atoms with E-state index in [-0.39, 0.29) is 5.91 Å². The molecule has 0 saturated carbocycles. The maximum atomic E-state index is 12.5. The molecule has 2 rings (SSSR count). The minimum absolute atomic E-state index is 0.194. The van der Waals surface area contributed by atoms with Crippen molar-refractivity contribution in [2.24, 2.45) is 0 Å². The molecule has 1 aromatic rings. The van der Waals surface area contributed by atoms with Crippen molar-refractivity contribution in [1.29, 1.82) is 0 Å². The highest BCUT2D eigenvalue weighted by Gasteiger charge is 2.24. The molecule has 1 amide bonds. The second-order valence-electron chi connectivity index (χ2n) is 4.36. The lowest BCUT2D eigenvalue weighted by molar-refractivity contribution is 0.0761. The highest BCUT2D eigenvalue weighted by Crippen LogP contribution is 2.23. The van der Waals surface area contributed by atoms with E-state index < -0.39 is 0 Å². The van der Waals surface area contributed by atoms with E-state index >= 15 is 0 Å². The smallest absolute Gasteiger partial charge is 0.255 e. The van der Waals surface area contributed by atoms with Gasteiger partial charge in [0, 0.05) is 27.7 Å². The molecule has 1 heterocycles. The van der Waals surface area contributed by atoms with Crippen molar-refractivity contribution in [2.45, 2.75) is 19.1 Å². The van der Waals surface area contributed by atoms with Crippen LogP contribution in [0.15, 0.2) is 18.2 Å². The van der Waals surface area contributed by atoms with E-state index in [9.17, 15) is 4.79 Å². The summed E-state index contributed by atoms with van der Waals surface area (Å²) in [5.74, 6) is 1.25. The van der Waals surface area contributed by atoms with Gasteiger partial charge in [0.15, 0.2) is 0 Å². The minimum atomic E-state index is 0.194. The summed E-state index contributed by atoms with van der Waals surface area (Å²) >= 11 is 4.20. The number of benzene rings is 1. The van der Waals surface area contributed by atoms with Gasteiger partial charge in [-0.15, -0.1) is 0 Å². The molecule has 1 aromatic carbocycles. The number of carbonyl (C=O) groups excluding carboxylic acids is 1. The van der Waals surface area contributed by atoms with Gasteiger partial charge in [-0.05, 0) is 41.1 Å². The number of nitrogens with zero attached hydrogens (tertiary/aromatic N) is 1. The number of carbonyl (C=O) groups is 1. The zero-order valence-corrected chi connectivity index (χ0v) is 13.0. The highest BCUT2D eigenvalue weighted by molar-refractivity contribution is 14.1. The molecule has 92 valence electrons. The van der Waals surface area contributed by atoms with Gasteiger partial charge >= 0.3 is 0 Å². The van der Waals surface area contributed by atoms with Gasteiger partial charge in [0.25, 0.3) is 5.91 Å². The molecule has 0 unspecified atom stereocenters. The van der Waals surface area contributed by atoms with E-state index in [0.29, 0.717) is 5.25 Å². The zero-order chi connectivity index (χ0) is 12.4. The van der Waals surface area contributed by atoms with Crippen LogP contribution in [0, 0.1) is 10.5 Å². The summed E-state index contributed by atoms with van der Waals surface area (Å²) in [6, 6.07) is 6.02. The quantitative estimate of drug-likeness (QED) is 0.717. The Morgan fingerprint density at radius 2 is 2.29 bits per heavy atom. The summed E-state index contributed by atoms with van der Waals surface area (Å²) in [6.45, 7) is 5.94. The van der Waals surface area contributed by atoms with Crippen molar-refractivity contribution in [3.05, 3.63) is 32.9 Å². The van der Waals surface area contributed by atoms with Gasteiger partial charge in [-0.25, -0.2) is 0 Å². The first-order valence-electron chi connectivity index (χ1n) is 5.75. The highest BCUT2D eigenvalue weighted by atomic mass is 127. The van der Waals surface area contributed by atoms with E-state index in [1.165, 1.54) is 0 Å². The molecule has 17 heavy (non-hydrogen) atoms. The van der Waals surface area contributed by atoms with Gasteiger partial charge in [0.05, 0.1) is 5.56 Å². The Morgan fingerprint density at radius 3 is 2.94 bits per heavy atom. The molecule has 4 heteroatoms. The summed E-state index contributed by atoms with van der Waals surface area (Å²) in [4.78, 5) is 14.5. The van der Waals surface area contributed by atoms with E-state index in [4.69, 9.17) is 0 Å². The third-order valence-electron chi connectivity index (χ3n) is 2.96. The van der Waals surface area contributed by atoms with Crippen LogP contribution >= 0.6 is 34.4 Å². The molecule has 0 spiro atoms. The summed E-state index contributed by atoms with van der Waals surface area (Å²) in [7, 11) is 0. The summed E-state index contributed by atoms with van der Waals surface area (Å²) in [6.07, 6.45) is 0. The molecule has 1 aliphatic heterocycles. The van der Waals surface area contributed by atoms with Crippen LogP contribution in [0.25, 0.3) is 0 Å². The van der Waals surface area contributed by atoms with Crippen molar-refractivity contribution in [2.75, 3.05) is 18.8 Å². The number of halogens is 1. The van der Waals surface area contributed by atoms with Crippen LogP contribution in [-0.4, -0.2) is 34.9 Å². The lowest BCUT2D eigenvalue weighted by atomic mass is 10.1. The van der Waals surface area contributed by atoms with Crippen LogP contribution in [0.1, 0.15) is 22.8 Å². The van der Waals surface area contributed by atoms with Crippen molar-refractivity contribution in [1.82, 2.24) is 4.90 Å². The number of thioether (sulfide) groups is 1. The molecular formula is C13H16INOS. The number of rotatable bonds is 1. The lowest BCUT2D eigenvalue weighted by Crippen LogP contribution is -2.41. The number of aryl methyl sites for hydroxylation is 1. The van der Waals surface area contributed by atoms with Crippen molar-refractivity contribution in [3.63, 3.8) is 0 Å². The van der Waals surface area contributed by atoms with Crippen LogP contribution in [0.3, 0.4) is 0 Å². The van der Waals surface area contributed by atoms with Crippen molar-refractivity contribution >= 4 is 40.3 Å². The molecule has 1 atom stereocenters. The number of amides is 1. The summed E-state index contributed by atoms with van der Waals surface area (Å²) < 4.78 is 1.05. The first kappa shape index (κ1) is 13.2. The van der Waals surface area contributed by atoms with Gasteiger partial charge in [0.1, 0.15) is 0 Å². The molecule has 0 bridgehead atoms. The molecule has 1 saturated heterocycles. The van der Waals surface area contributed by atoms with Crippen molar-refractivity contribution < 1.29 is 4.79 Å². The van der Waals surface area contributed by atoms with Gasteiger partial charge < -0.3 is 4.90 Å². The third kappa shape index (κ3) is 2.96. The predicted octanol–water partition coefficient (Wildman–Crippen LogP) is 3.18. The maximum Gasteiger partial charge on any atom is 0.255 e. The molecule has 0 aromatic heterocycles.